The number of nitrogens with one attached hydrogen (secondary N) is 1. The van der Waals surface area contributed by atoms with Crippen LogP contribution in [0.25, 0.3) is 0 Å². The van der Waals surface area contributed by atoms with Gasteiger partial charge in [0, 0.05) is 16.2 Å². The molecular formula is C10H7Cl2N3O. The minimum Gasteiger partial charge on any atom is -0.302 e. The summed E-state index contributed by atoms with van der Waals surface area (Å²) in [5.74, 6) is -0.525. The fourth-order valence-corrected chi connectivity index (χ4v) is 1.94. The van der Waals surface area contributed by atoms with Crippen molar-refractivity contribution in [1.29, 1.82) is 0 Å². The number of aromatic nitrogens is 3. The zero-order valence-corrected chi connectivity index (χ0v) is 9.53. The molecule has 0 aliphatic rings. The maximum Gasteiger partial charge on any atom is 0.133 e. The summed E-state index contributed by atoms with van der Waals surface area (Å²) in [5, 5.41) is 10.9. The molecule has 6 heteroatoms. The molecule has 1 aromatic heterocycles. The molecule has 82 valence electrons. The summed E-state index contributed by atoms with van der Waals surface area (Å²) in [6, 6.07) is 4.98. The van der Waals surface area contributed by atoms with E-state index in [4.69, 9.17) is 23.2 Å². The SMILES string of the molecule is O=CC(c1c[nH]nn1)c1ccc(Cl)cc1Cl. The van der Waals surface area contributed by atoms with E-state index in [-0.39, 0.29) is 0 Å². The number of rotatable bonds is 3. The number of carbonyl (C=O) groups is 1. The van der Waals surface area contributed by atoms with Crippen LogP contribution in [-0.2, 0) is 4.79 Å². The second-order valence-corrected chi connectivity index (χ2v) is 4.02. The maximum atomic E-state index is 11.1. The summed E-state index contributed by atoms with van der Waals surface area (Å²) in [7, 11) is 0. The van der Waals surface area contributed by atoms with Gasteiger partial charge in [-0.15, -0.1) is 5.10 Å². The van der Waals surface area contributed by atoms with Crippen LogP contribution in [0.5, 0.6) is 0 Å². The van der Waals surface area contributed by atoms with Gasteiger partial charge in [0.1, 0.15) is 6.29 Å². The van der Waals surface area contributed by atoms with Gasteiger partial charge in [-0.3, -0.25) is 5.10 Å². The predicted octanol–water partition coefficient (Wildman–Crippen LogP) is 2.44. The Morgan fingerprint density at radius 1 is 1.38 bits per heavy atom. The van der Waals surface area contributed by atoms with Crippen molar-refractivity contribution in [2.75, 3.05) is 0 Å². The molecule has 2 rings (SSSR count). The number of nitrogens with zero attached hydrogens (tertiary/aromatic N) is 2. The average molecular weight is 256 g/mol. The van der Waals surface area contributed by atoms with E-state index in [1.54, 1.807) is 24.4 Å². The van der Waals surface area contributed by atoms with Crippen molar-refractivity contribution < 1.29 is 4.79 Å². The van der Waals surface area contributed by atoms with Crippen molar-refractivity contribution in [3.8, 4) is 0 Å². The van der Waals surface area contributed by atoms with E-state index in [9.17, 15) is 4.79 Å². The molecular weight excluding hydrogens is 249 g/mol. The Hall–Kier alpha value is -1.39. The van der Waals surface area contributed by atoms with E-state index in [1.165, 1.54) is 0 Å². The van der Waals surface area contributed by atoms with Gasteiger partial charge in [0.15, 0.2) is 0 Å². The minimum atomic E-state index is -0.525. The van der Waals surface area contributed by atoms with Crippen molar-refractivity contribution in [2.24, 2.45) is 0 Å². The molecule has 0 bridgehead atoms. The number of hydrogen-bond acceptors (Lipinski definition) is 3. The van der Waals surface area contributed by atoms with Crippen LogP contribution in [0.4, 0.5) is 0 Å². The van der Waals surface area contributed by atoms with E-state index >= 15 is 0 Å². The predicted molar refractivity (Wildman–Crippen MR) is 60.8 cm³/mol. The van der Waals surface area contributed by atoms with Crippen LogP contribution >= 0.6 is 23.2 Å². The molecule has 0 fully saturated rings. The Morgan fingerprint density at radius 3 is 2.75 bits per heavy atom. The zero-order chi connectivity index (χ0) is 11.5. The summed E-state index contributed by atoms with van der Waals surface area (Å²) in [6.07, 6.45) is 2.33. The van der Waals surface area contributed by atoms with Gasteiger partial charge in [-0.25, -0.2) is 0 Å². The van der Waals surface area contributed by atoms with Gasteiger partial charge in [-0.2, -0.15) is 0 Å². The first-order valence-electron chi connectivity index (χ1n) is 4.49. The van der Waals surface area contributed by atoms with Crippen LogP contribution in [0.1, 0.15) is 17.2 Å². The van der Waals surface area contributed by atoms with Crippen LogP contribution in [-0.4, -0.2) is 21.7 Å². The number of H-pyrrole nitrogens is 1. The third kappa shape index (κ3) is 2.08. The van der Waals surface area contributed by atoms with Crippen molar-refractivity contribution in [2.45, 2.75) is 5.92 Å². The first kappa shape index (κ1) is 11.1. The summed E-state index contributed by atoms with van der Waals surface area (Å²) in [6.45, 7) is 0. The molecule has 16 heavy (non-hydrogen) atoms. The standard InChI is InChI=1S/C10H7Cl2N3O/c11-6-1-2-7(9(12)3-6)8(5-16)10-4-13-15-14-10/h1-5,8H,(H,13,14,15). The molecule has 0 spiro atoms. The van der Waals surface area contributed by atoms with Crippen LogP contribution in [0.3, 0.4) is 0 Å². The molecule has 1 N–H and O–H groups in total. The van der Waals surface area contributed by atoms with E-state index < -0.39 is 5.92 Å². The van der Waals surface area contributed by atoms with E-state index in [2.05, 4.69) is 15.4 Å². The van der Waals surface area contributed by atoms with Gasteiger partial charge in [0.05, 0.1) is 11.6 Å². The molecule has 0 saturated heterocycles. The Bertz CT molecular complexity index is 499. The van der Waals surface area contributed by atoms with Crippen LogP contribution in [0, 0.1) is 0 Å². The first-order chi connectivity index (χ1) is 7.72. The molecule has 2 aromatic rings. The quantitative estimate of drug-likeness (QED) is 0.858. The second-order valence-electron chi connectivity index (χ2n) is 3.18. The lowest BCUT2D eigenvalue weighted by Gasteiger charge is -2.09. The fourth-order valence-electron chi connectivity index (χ4n) is 1.42. The van der Waals surface area contributed by atoms with E-state index in [1.807, 2.05) is 0 Å². The smallest absolute Gasteiger partial charge is 0.133 e. The number of halogens is 2. The Morgan fingerprint density at radius 2 is 2.19 bits per heavy atom. The average Bonchev–Trinajstić information content (AvgIpc) is 2.75. The number of carbonyl (C=O) groups excluding carboxylic acids is 1. The molecule has 4 nitrogen and oxygen atoms in total. The van der Waals surface area contributed by atoms with Gasteiger partial charge in [0.25, 0.3) is 0 Å². The van der Waals surface area contributed by atoms with Gasteiger partial charge in [-0.05, 0) is 17.7 Å². The lowest BCUT2D eigenvalue weighted by atomic mass is 9.98. The van der Waals surface area contributed by atoms with Gasteiger partial charge < -0.3 is 4.79 Å². The monoisotopic (exact) mass is 255 g/mol. The number of hydrogen-bond donors (Lipinski definition) is 1. The van der Waals surface area contributed by atoms with Crippen molar-refractivity contribution >= 4 is 29.5 Å². The van der Waals surface area contributed by atoms with E-state index in [0.29, 0.717) is 21.3 Å². The summed E-state index contributed by atoms with van der Waals surface area (Å²) >= 11 is 11.8. The number of aldehydes is 1. The topological polar surface area (TPSA) is 58.6 Å². The van der Waals surface area contributed by atoms with Gasteiger partial charge >= 0.3 is 0 Å². The zero-order valence-electron chi connectivity index (χ0n) is 8.02. The highest BCUT2D eigenvalue weighted by Gasteiger charge is 2.18. The third-order valence-corrected chi connectivity index (χ3v) is 2.75. The normalized spacial score (nSPS) is 12.4. The minimum absolute atomic E-state index is 0.438. The highest BCUT2D eigenvalue weighted by Crippen LogP contribution is 2.29. The Kier molecular flexibility index (Phi) is 3.22. The molecule has 0 aliphatic heterocycles. The molecule has 1 unspecified atom stereocenters. The molecule has 1 heterocycles. The maximum absolute atomic E-state index is 11.1. The summed E-state index contributed by atoms with van der Waals surface area (Å²) in [4.78, 5) is 11.1. The van der Waals surface area contributed by atoms with Crippen molar-refractivity contribution in [3.63, 3.8) is 0 Å². The van der Waals surface area contributed by atoms with Crippen LogP contribution < -0.4 is 0 Å². The molecule has 0 saturated carbocycles. The van der Waals surface area contributed by atoms with Crippen LogP contribution in [0.15, 0.2) is 24.4 Å². The molecule has 0 amide bonds. The van der Waals surface area contributed by atoms with E-state index in [0.717, 1.165) is 6.29 Å². The largest absolute Gasteiger partial charge is 0.302 e. The fraction of sp³-hybridized carbons (Fsp3) is 0.100. The lowest BCUT2D eigenvalue weighted by molar-refractivity contribution is -0.108. The summed E-state index contributed by atoms with van der Waals surface area (Å²) < 4.78 is 0. The first-order valence-corrected chi connectivity index (χ1v) is 5.24. The summed E-state index contributed by atoms with van der Waals surface area (Å²) in [5.41, 5.74) is 1.19. The Labute approximate surface area is 102 Å². The number of aromatic amines is 1. The molecule has 1 aromatic carbocycles. The second kappa shape index (κ2) is 4.63. The number of benzene rings is 1. The highest BCUT2D eigenvalue weighted by atomic mass is 35.5. The van der Waals surface area contributed by atoms with Gasteiger partial charge in [-0.1, -0.05) is 34.5 Å². The van der Waals surface area contributed by atoms with Crippen molar-refractivity contribution in [1.82, 2.24) is 15.4 Å². The molecule has 1 atom stereocenters. The van der Waals surface area contributed by atoms with Crippen molar-refractivity contribution in [3.05, 3.63) is 45.7 Å². The highest BCUT2D eigenvalue weighted by molar-refractivity contribution is 6.35. The lowest BCUT2D eigenvalue weighted by Crippen LogP contribution is -2.03. The molecule has 0 aliphatic carbocycles. The van der Waals surface area contributed by atoms with Gasteiger partial charge in [0.2, 0.25) is 0 Å². The third-order valence-electron chi connectivity index (χ3n) is 2.19. The van der Waals surface area contributed by atoms with Crippen LogP contribution in [0.2, 0.25) is 10.0 Å². The Balaban J connectivity index is 2.45. The molecule has 0 radical (unpaired) electrons.